The molecule has 15 heavy (non-hydrogen) atoms. The zero-order valence-electron chi connectivity index (χ0n) is 9.45. The van der Waals surface area contributed by atoms with Gasteiger partial charge in [-0.25, -0.2) is 0 Å². The summed E-state index contributed by atoms with van der Waals surface area (Å²) in [6.07, 6.45) is 2.67. The van der Waals surface area contributed by atoms with Crippen molar-refractivity contribution in [3.63, 3.8) is 0 Å². The molecule has 1 fully saturated rings. The van der Waals surface area contributed by atoms with Gasteiger partial charge in [-0.2, -0.15) is 0 Å². The lowest BCUT2D eigenvalue weighted by molar-refractivity contribution is 0.316. The summed E-state index contributed by atoms with van der Waals surface area (Å²) >= 11 is 0. The number of nitrogens with zero attached hydrogens (tertiary/aromatic N) is 1. The molecule has 2 heteroatoms. The third-order valence-corrected chi connectivity index (χ3v) is 3.16. The molecule has 1 aromatic carbocycles. The molecule has 2 nitrogen and oxygen atoms in total. The molecule has 1 aliphatic heterocycles. The lowest BCUT2D eigenvalue weighted by Crippen LogP contribution is -2.29. The van der Waals surface area contributed by atoms with Crippen LogP contribution in [-0.2, 0) is 0 Å². The molecule has 0 saturated carbocycles. The van der Waals surface area contributed by atoms with Crippen LogP contribution < -0.4 is 5.73 Å². The molecular formula is C13H20N2. The van der Waals surface area contributed by atoms with Gasteiger partial charge in [-0.1, -0.05) is 29.8 Å². The second-order valence-electron chi connectivity index (χ2n) is 4.52. The number of rotatable bonds is 3. The van der Waals surface area contributed by atoms with Gasteiger partial charge in [-0.05, 0) is 38.4 Å². The summed E-state index contributed by atoms with van der Waals surface area (Å²) in [5.41, 5.74) is 8.74. The Hall–Kier alpha value is -0.860. The quantitative estimate of drug-likeness (QED) is 0.817. The van der Waals surface area contributed by atoms with Crippen LogP contribution in [0.3, 0.4) is 0 Å². The van der Waals surface area contributed by atoms with E-state index in [1.54, 1.807) is 0 Å². The lowest BCUT2D eigenvalue weighted by Gasteiger charge is -2.20. The summed E-state index contributed by atoms with van der Waals surface area (Å²) in [5.74, 6) is 0. The predicted molar refractivity (Wildman–Crippen MR) is 63.8 cm³/mol. The molecule has 82 valence electrons. The van der Waals surface area contributed by atoms with Gasteiger partial charge in [0, 0.05) is 12.6 Å². The number of hydrogen-bond donors (Lipinski definition) is 1. The lowest BCUT2D eigenvalue weighted by atomic mass is 10.1. The van der Waals surface area contributed by atoms with E-state index >= 15 is 0 Å². The van der Waals surface area contributed by atoms with Crippen LogP contribution in [0, 0.1) is 6.92 Å². The topological polar surface area (TPSA) is 29.3 Å². The normalized spacial score (nSPS) is 19.3. The smallest absolute Gasteiger partial charge is 0.0424 e. The van der Waals surface area contributed by atoms with Crippen molar-refractivity contribution in [3.05, 3.63) is 35.4 Å². The average Bonchev–Trinajstić information content (AvgIpc) is 2.71. The minimum atomic E-state index is 0.170. The monoisotopic (exact) mass is 204 g/mol. The Kier molecular flexibility index (Phi) is 3.39. The van der Waals surface area contributed by atoms with Crippen molar-refractivity contribution in [2.45, 2.75) is 25.8 Å². The van der Waals surface area contributed by atoms with Crippen LogP contribution in [0.2, 0.25) is 0 Å². The number of hydrogen-bond acceptors (Lipinski definition) is 2. The average molecular weight is 204 g/mol. The SMILES string of the molecule is Cc1ccc(C(N)CN2CCCC2)cc1. The highest BCUT2D eigenvalue weighted by atomic mass is 15.1. The standard InChI is InChI=1S/C13H20N2/c1-11-4-6-12(7-5-11)13(14)10-15-8-2-3-9-15/h4-7,13H,2-3,8-10,14H2,1H3. The van der Waals surface area contributed by atoms with Crippen molar-refractivity contribution in [1.29, 1.82) is 0 Å². The number of aryl methyl sites for hydroxylation is 1. The van der Waals surface area contributed by atoms with Gasteiger partial charge in [0.2, 0.25) is 0 Å². The van der Waals surface area contributed by atoms with Gasteiger partial charge >= 0.3 is 0 Å². The van der Waals surface area contributed by atoms with Gasteiger partial charge in [0.05, 0.1) is 0 Å². The molecule has 0 spiro atoms. The minimum absolute atomic E-state index is 0.170. The zero-order chi connectivity index (χ0) is 10.7. The Bertz CT molecular complexity index is 299. The van der Waals surface area contributed by atoms with Crippen LogP contribution in [0.15, 0.2) is 24.3 Å². The first kappa shape index (κ1) is 10.7. The van der Waals surface area contributed by atoms with Crippen LogP contribution in [0.5, 0.6) is 0 Å². The van der Waals surface area contributed by atoms with Crippen molar-refractivity contribution in [3.8, 4) is 0 Å². The maximum absolute atomic E-state index is 6.18. The van der Waals surface area contributed by atoms with Crippen molar-refractivity contribution >= 4 is 0 Å². The molecule has 1 heterocycles. The zero-order valence-corrected chi connectivity index (χ0v) is 9.45. The minimum Gasteiger partial charge on any atom is -0.323 e. The molecule has 1 saturated heterocycles. The van der Waals surface area contributed by atoms with E-state index in [0.717, 1.165) is 6.54 Å². The van der Waals surface area contributed by atoms with E-state index in [2.05, 4.69) is 36.1 Å². The van der Waals surface area contributed by atoms with Crippen LogP contribution in [0.1, 0.15) is 30.0 Å². The molecule has 0 amide bonds. The van der Waals surface area contributed by atoms with Gasteiger partial charge < -0.3 is 10.6 Å². The van der Waals surface area contributed by atoms with Gasteiger partial charge in [-0.3, -0.25) is 0 Å². The fourth-order valence-corrected chi connectivity index (χ4v) is 2.16. The van der Waals surface area contributed by atoms with E-state index in [1.165, 1.54) is 37.1 Å². The third kappa shape index (κ3) is 2.80. The van der Waals surface area contributed by atoms with Crippen LogP contribution in [-0.4, -0.2) is 24.5 Å². The van der Waals surface area contributed by atoms with Gasteiger partial charge in [-0.15, -0.1) is 0 Å². The van der Waals surface area contributed by atoms with E-state index in [0.29, 0.717) is 0 Å². The number of benzene rings is 1. The van der Waals surface area contributed by atoms with E-state index in [1.807, 2.05) is 0 Å². The first-order chi connectivity index (χ1) is 7.25. The van der Waals surface area contributed by atoms with Gasteiger partial charge in [0.25, 0.3) is 0 Å². The Balaban J connectivity index is 1.94. The van der Waals surface area contributed by atoms with Crippen molar-refractivity contribution in [2.24, 2.45) is 5.73 Å². The highest BCUT2D eigenvalue weighted by Gasteiger charge is 2.15. The molecule has 2 rings (SSSR count). The number of likely N-dealkylation sites (tertiary alicyclic amines) is 1. The summed E-state index contributed by atoms with van der Waals surface area (Å²) < 4.78 is 0. The second-order valence-corrected chi connectivity index (χ2v) is 4.52. The Morgan fingerprint density at radius 1 is 1.20 bits per heavy atom. The maximum Gasteiger partial charge on any atom is 0.0424 e. The highest BCUT2D eigenvalue weighted by molar-refractivity contribution is 5.24. The first-order valence-electron chi connectivity index (χ1n) is 5.80. The largest absolute Gasteiger partial charge is 0.323 e. The van der Waals surface area contributed by atoms with Gasteiger partial charge in [0.1, 0.15) is 0 Å². The van der Waals surface area contributed by atoms with E-state index < -0.39 is 0 Å². The molecule has 0 bridgehead atoms. The predicted octanol–water partition coefficient (Wildman–Crippen LogP) is 2.09. The summed E-state index contributed by atoms with van der Waals surface area (Å²) in [4.78, 5) is 2.46. The fourth-order valence-electron chi connectivity index (χ4n) is 2.16. The van der Waals surface area contributed by atoms with Crippen molar-refractivity contribution < 1.29 is 0 Å². The summed E-state index contributed by atoms with van der Waals surface area (Å²) in [5, 5.41) is 0. The first-order valence-corrected chi connectivity index (χ1v) is 5.80. The Morgan fingerprint density at radius 2 is 1.80 bits per heavy atom. The Labute approximate surface area is 92.1 Å². The highest BCUT2D eigenvalue weighted by Crippen LogP contribution is 2.15. The Morgan fingerprint density at radius 3 is 2.40 bits per heavy atom. The summed E-state index contributed by atoms with van der Waals surface area (Å²) in [6, 6.07) is 8.74. The summed E-state index contributed by atoms with van der Waals surface area (Å²) in [6.45, 7) is 5.55. The maximum atomic E-state index is 6.18. The van der Waals surface area contributed by atoms with Gasteiger partial charge in [0.15, 0.2) is 0 Å². The second kappa shape index (κ2) is 4.77. The molecule has 1 aliphatic rings. The van der Waals surface area contributed by atoms with E-state index in [9.17, 15) is 0 Å². The van der Waals surface area contributed by atoms with E-state index in [-0.39, 0.29) is 6.04 Å². The molecule has 1 unspecified atom stereocenters. The van der Waals surface area contributed by atoms with Crippen molar-refractivity contribution in [1.82, 2.24) is 4.90 Å². The molecule has 0 aromatic heterocycles. The van der Waals surface area contributed by atoms with Crippen molar-refractivity contribution in [2.75, 3.05) is 19.6 Å². The molecule has 1 atom stereocenters. The summed E-state index contributed by atoms with van der Waals surface area (Å²) in [7, 11) is 0. The van der Waals surface area contributed by atoms with Crippen LogP contribution in [0.25, 0.3) is 0 Å². The molecule has 2 N–H and O–H groups in total. The molecular weight excluding hydrogens is 184 g/mol. The fraction of sp³-hybridized carbons (Fsp3) is 0.538. The van der Waals surface area contributed by atoms with E-state index in [4.69, 9.17) is 5.73 Å². The van der Waals surface area contributed by atoms with Crippen LogP contribution in [0.4, 0.5) is 0 Å². The molecule has 1 aromatic rings. The third-order valence-electron chi connectivity index (χ3n) is 3.16. The number of nitrogens with two attached hydrogens (primary N) is 1. The molecule has 0 aliphatic carbocycles. The van der Waals surface area contributed by atoms with Crippen LogP contribution >= 0.6 is 0 Å². The molecule has 0 radical (unpaired) electrons.